The van der Waals surface area contributed by atoms with Crippen LogP contribution in [0, 0.1) is 12.7 Å². The third-order valence-corrected chi connectivity index (χ3v) is 3.40. The first-order chi connectivity index (χ1) is 9.17. The van der Waals surface area contributed by atoms with Crippen LogP contribution in [0.25, 0.3) is 11.4 Å². The van der Waals surface area contributed by atoms with E-state index in [1.165, 1.54) is 12.1 Å². The van der Waals surface area contributed by atoms with Gasteiger partial charge in [0.15, 0.2) is 5.82 Å². The number of hydrogen-bond acceptors (Lipinski definition) is 3. The van der Waals surface area contributed by atoms with E-state index in [9.17, 15) is 4.39 Å². The summed E-state index contributed by atoms with van der Waals surface area (Å²) in [5, 5.41) is 8.96. The smallest absolute Gasteiger partial charge is 0.164 e. The van der Waals surface area contributed by atoms with Crippen LogP contribution in [0.4, 0.5) is 4.39 Å². The Hall–Kier alpha value is -1.27. The highest BCUT2D eigenvalue weighted by molar-refractivity contribution is 9.08. The number of nitrogens with zero attached hydrogens (tertiary/aromatic N) is 3. The Morgan fingerprint density at radius 1 is 1.37 bits per heavy atom. The van der Waals surface area contributed by atoms with Crippen LogP contribution in [0.1, 0.15) is 11.4 Å². The summed E-state index contributed by atoms with van der Waals surface area (Å²) in [6.45, 7) is 3.10. The molecule has 102 valence electrons. The molecule has 0 unspecified atom stereocenters. The van der Waals surface area contributed by atoms with Crippen molar-refractivity contribution in [2.24, 2.45) is 0 Å². The first-order valence-electron chi connectivity index (χ1n) is 5.91. The summed E-state index contributed by atoms with van der Waals surface area (Å²) in [6.07, 6.45) is 0. The van der Waals surface area contributed by atoms with Crippen LogP contribution in [0.15, 0.2) is 18.2 Å². The van der Waals surface area contributed by atoms with E-state index >= 15 is 0 Å². The first-order valence-corrected chi connectivity index (χ1v) is 7.03. The monoisotopic (exact) mass is 327 g/mol. The lowest BCUT2D eigenvalue weighted by Gasteiger charge is -2.10. The number of methoxy groups -OCH3 is 1. The molecule has 0 fully saturated rings. The van der Waals surface area contributed by atoms with Crippen LogP contribution in [-0.2, 0) is 16.6 Å². The molecule has 0 aliphatic heterocycles. The van der Waals surface area contributed by atoms with Gasteiger partial charge >= 0.3 is 0 Å². The number of aryl methyl sites for hydroxylation is 1. The van der Waals surface area contributed by atoms with Crippen LogP contribution in [0.5, 0.6) is 0 Å². The third-order valence-electron chi connectivity index (χ3n) is 2.90. The molecule has 4 nitrogen and oxygen atoms in total. The SMILES string of the molecule is COCCn1c(CBr)nnc1-c1ccc(F)cc1C. The Labute approximate surface area is 119 Å². The topological polar surface area (TPSA) is 39.9 Å². The van der Waals surface area contributed by atoms with Gasteiger partial charge in [0.2, 0.25) is 0 Å². The standard InChI is InChI=1S/C13H15BrFN3O/c1-9-7-10(15)3-4-11(9)13-17-16-12(8-14)18(13)5-6-19-2/h3-4,7H,5-6,8H2,1-2H3. The van der Waals surface area contributed by atoms with Gasteiger partial charge in [-0.2, -0.15) is 0 Å². The molecule has 0 radical (unpaired) electrons. The number of hydrogen-bond donors (Lipinski definition) is 0. The molecule has 1 heterocycles. The highest BCUT2D eigenvalue weighted by Gasteiger charge is 2.14. The molecule has 0 saturated carbocycles. The molecule has 0 amide bonds. The molecule has 0 atom stereocenters. The normalized spacial score (nSPS) is 10.9. The molecule has 2 rings (SSSR count). The summed E-state index contributed by atoms with van der Waals surface area (Å²) in [5.74, 6) is 1.32. The second-order valence-corrected chi connectivity index (χ2v) is 4.74. The maximum absolute atomic E-state index is 13.2. The molecule has 19 heavy (non-hydrogen) atoms. The molecule has 0 bridgehead atoms. The fourth-order valence-electron chi connectivity index (χ4n) is 1.93. The number of aromatic nitrogens is 3. The first kappa shape index (κ1) is 14.1. The van der Waals surface area contributed by atoms with E-state index in [-0.39, 0.29) is 5.82 Å². The largest absolute Gasteiger partial charge is 0.383 e. The lowest BCUT2D eigenvalue weighted by atomic mass is 10.1. The Bertz CT molecular complexity index is 571. The number of ether oxygens (including phenoxy) is 1. The Morgan fingerprint density at radius 2 is 2.16 bits per heavy atom. The molecule has 1 aromatic carbocycles. The zero-order chi connectivity index (χ0) is 13.8. The zero-order valence-corrected chi connectivity index (χ0v) is 12.4. The van der Waals surface area contributed by atoms with Crippen molar-refractivity contribution in [1.82, 2.24) is 14.8 Å². The fourth-order valence-corrected chi connectivity index (χ4v) is 2.34. The molecular formula is C13H15BrFN3O. The van der Waals surface area contributed by atoms with E-state index in [1.54, 1.807) is 13.2 Å². The molecule has 2 aromatic rings. The van der Waals surface area contributed by atoms with E-state index in [2.05, 4.69) is 26.1 Å². The van der Waals surface area contributed by atoms with Crippen LogP contribution < -0.4 is 0 Å². The molecule has 0 aliphatic rings. The van der Waals surface area contributed by atoms with E-state index in [0.717, 1.165) is 22.8 Å². The second kappa shape index (κ2) is 6.25. The lowest BCUT2D eigenvalue weighted by molar-refractivity contribution is 0.187. The van der Waals surface area contributed by atoms with Gasteiger partial charge in [-0.05, 0) is 30.7 Å². The van der Waals surface area contributed by atoms with Crippen molar-refractivity contribution in [3.63, 3.8) is 0 Å². The number of rotatable bonds is 5. The minimum absolute atomic E-state index is 0.245. The zero-order valence-electron chi connectivity index (χ0n) is 10.9. The van der Waals surface area contributed by atoms with E-state index in [0.29, 0.717) is 18.5 Å². The fraction of sp³-hybridized carbons (Fsp3) is 0.385. The summed E-state index contributed by atoms with van der Waals surface area (Å²) in [4.78, 5) is 0. The maximum Gasteiger partial charge on any atom is 0.164 e. The van der Waals surface area contributed by atoms with Crippen molar-refractivity contribution in [3.05, 3.63) is 35.4 Å². The van der Waals surface area contributed by atoms with E-state index in [4.69, 9.17) is 4.74 Å². The molecule has 0 saturated heterocycles. The van der Waals surface area contributed by atoms with Crippen LogP contribution in [-0.4, -0.2) is 28.5 Å². The Balaban J connectivity index is 2.46. The number of alkyl halides is 1. The second-order valence-electron chi connectivity index (χ2n) is 4.18. The quantitative estimate of drug-likeness (QED) is 0.793. The van der Waals surface area contributed by atoms with Crippen molar-refractivity contribution in [1.29, 1.82) is 0 Å². The van der Waals surface area contributed by atoms with Gasteiger partial charge < -0.3 is 9.30 Å². The van der Waals surface area contributed by atoms with Gasteiger partial charge in [0, 0.05) is 19.2 Å². The number of benzene rings is 1. The van der Waals surface area contributed by atoms with Crippen molar-refractivity contribution in [2.45, 2.75) is 18.8 Å². The number of halogens is 2. The van der Waals surface area contributed by atoms with Gasteiger partial charge in [-0.1, -0.05) is 15.9 Å². The average molecular weight is 328 g/mol. The molecule has 1 aromatic heterocycles. The van der Waals surface area contributed by atoms with Crippen molar-refractivity contribution >= 4 is 15.9 Å². The molecule has 6 heteroatoms. The molecule has 0 N–H and O–H groups in total. The maximum atomic E-state index is 13.2. The Morgan fingerprint density at radius 3 is 2.79 bits per heavy atom. The summed E-state index contributed by atoms with van der Waals surface area (Å²) in [7, 11) is 1.65. The minimum Gasteiger partial charge on any atom is -0.383 e. The predicted molar refractivity (Wildman–Crippen MR) is 74.7 cm³/mol. The minimum atomic E-state index is -0.245. The van der Waals surface area contributed by atoms with Gasteiger partial charge in [0.05, 0.1) is 11.9 Å². The van der Waals surface area contributed by atoms with Gasteiger partial charge in [0.25, 0.3) is 0 Å². The van der Waals surface area contributed by atoms with Gasteiger partial charge in [-0.15, -0.1) is 10.2 Å². The molecule has 0 aliphatic carbocycles. The van der Waals surface area contributed by atoms with Crippen molar-refractivity contribution < 1.29 is 9.13 Å². The highest BCUT2D eigenvalue weighted by atomic mass is 79.9. The van der Waals surface area contributed by atoms with Gasteiger partial charge in [0.1, 0.15) is 11.6 Å². The summed E-state index contributed by atoms with van der Waals surface area (Å²) >= 11 is 3.39. The van der Waals surface area contributed by atoms with Crippen LogP contribution in [0.3, 0.4) is 0 Å². The Kier molecular flexibility index (Phi) is 4.66. The van der Waals surface area contributed by atoms with Gasteiger partial charge in [-0.25, -0.2) is 4.39 Å². The van der Waals surface area contributed by atoms with Crippen molar-refractivity contribution in [2.75, 3.05) is 13.7 Å². The van der Waals surface area contributed by atoms with E-state index < -0.39 is 0 Å². The highest BCUT2D eigenvalue weighted by Crippen LogP contribution is 2.23. The molecular weight excluding hydrogens is 313 g/mol. The summed E-state index contributed by atoms with van der Waals surface area (Å²) < 4.78 is 20.3. The summed E-state index contributed by atoms with van der Waals surface area (Å²) in [6, 6.07) is 4.67. The predicted octanol–water partition coefficient (Wildman–Crippen LogP) is 2.93. The van der Waals surface area contributed by atoms with E-state index in [1.807, 2.05) is 11.5 Å². The van der Waals surface area contributed by atoms with Crippen LogP contribution in [0.2, 0.25) is 0 Å². The van der Waals surface area contributed by atoms with Gasteiger partial charge in [-0.3, -0.25) is 0 Å². The van der Waals surface area contributed by atoms with Crippen molar-refractivity contribution in [3.8, 4) is 11.4 Å². The third kappa shape index (κ3) is 3.01. The van der Waals surface area contributed by atoms with Crippen LogP contribution >= 0.6 is 15.9 Å². The summed E-state index contributed by atoms with van der Waals surface area (Å²) in [5.41, 5.74) is 1.73. The molecule has 0 spiro atoms. The average Bonchev–Trinajstić information content (AvgIpc) is 2.79. The lowest BCUT2D eigenvalue weighted by Crippen LogP contribution is -2.09.